The molecule has 0 aliphatic carbocycles. The molecule has 0 saturated carbocycles. The molecule has 0 fully saturated rings. The van der Waals surface area contributed by atoms with Crippen molar-refractivity contribution < 1.29 is 4.92 Å². The maximum absolute atomic E-state index is 10.6. The average Bonchev–Trinajstić information content (AvgIpc) is 2.40. The Bertz CT molecular complexity index is 562. The van der Waals surface area contributed by atoms with Crippen LogP contribution < -0.4 is 5.32 Å². The normalized spacial score (nSPS) is 11.9. The number of nitro groups is 1. The molecule has 2 aromatic rings. The predicted molar refractivity (Wildman–Crippen MR) is 76.3 cm³/mol. The molecular weight excluding hydrogens is 240 g/mol. The van der Waals surface area contributed by atoms with E-state index in [4.69, 9.17) is 0 Å². The zero-order valence-corrected chi connectivity index (χ0v) is 11.0. The van der Waals surface area contributed by atoms with Gasteiger partial charge < -0.3 is 5.32 Å². The molecule has 1 N–H and O–H groups in total. The van der Waals surface area contributed by atoms with Crippen molar-refractivity contribution in [3.8, 4) is 0 Å². The number of nitrogens with zero attached hydrogens (tertiary/aromatic N) is 1. The highest BCUT2D eigenvalue weighted by molar-refractivity contribution is 5.50. The number of benzene rings is 2. The molecule has 0 aliphatic rings. The van der Waals surface area contributed by atoms with Crippen LogP contribution in [0.3, 0.4) is 0 Å². The van der Waals surface area contributed by atoms with Crippen molar-refractivity contribution in [2.24, 2.45) is 0 Å². The molecule has 1 unspecified atom stereocenters. The molecule has 98 valence electrons. The number of nitro benzene ring substituents is 1. The second kappa shape index (κ2) is 5.52. The van der Waals surface area contributed by atoms with Crippen LogP contribution in [0.2, 0.25) is 0 Å². The third-order valence-corrected chi connectivity index (χ3v) is 3.04. The highest BCUT2D eigenvalue weighted by Crippen LogP contribution is 2.21. The maximum atomic E-state index is 10.6. The first-order chi connectivity index (χ1) is 9.06. The van der Waals surface area contributed by atoms with Gasteiger partial charge in [0, 0.05) is 23.9 Å². The Morgan fingerprint density at radius 2 is 1.63 bits per heavy atom. The van der Waals surface area contributed by atoms with Gasteiger partial charge in [0.05, 0.1) is 4.92 Å². The SMILES string of the molecule is Cc1ccc(C(C)Nc2ccc([N+](=O)[O-])cc2)cc1. The van der Waals surface area contributed by atoms with Crippen molar-refractivity contribution in [1.82, 2.24) is 0 Å². The minimum Gasteiger partial charge on any atom is -0.379 e. The molecule has 0 spiro atoms. The lowest BCUT2D eigenvalue weighted by molar-refractivity contribution is -0.384. The minimum atomic E-state index is -0.396. The van der Waals surface area contributed by atoms with E-state index in [1.54, 1.807) is 12.1 Å². The van der Waals surface area contributed by atoms with Gasteiger partial charge in [0.2, 0.25) is 0 Å². The standard InChI is InChI=1S/C15H16N2O2/c1-11-3-5-13(6-4-11)12(2)16-14-7-9-15(10-8-14)17(18)19/h3-10,12,16H,1-2H3. The van der Waals surface area contributed by atoms with Crippen LogP contribution in [0.5, 0.6) is 0 Å². The first kappa shape index (κ1) is 13.1. The Labute approximate surface area is 112 Å². The molecule has 4 nitrogen and oxygen atoms in total. The average molecular weight is 256 g/mol. The number of rotatable bonds is 4. The second-order valence-corrected chi connectivity index (χ2v) is 4.58. The Morgan fingerprint density at radius 3 is 2.16 bits per heavy atom. The Morgan fingerprint density at radius 1 is 1.05 bits per heavy atom. The fourth-order valence-electron chi connectivity index (χ4n) is 1.87. The quantitative estimate of drug-likeness (QED) is 0.662. The Hall–Kier alpha value is -2.36. The number of non-ortho nitro benzene ring substituents is 1. The van der Waals surface area contributed by atoms with Crippen molar-refractivity contribution in [3.05, 3.63) is 69.8 Å². The van der Waals surface area contributed by atoms with Crippen LogP contribution in [0.15, 0.2) is 48.5 Å². The molecule has 0 heterocycles. The van der Waals surface area contributed by atoms with Gasteiger partial charge in [0.25, 0.3) is 5.69 Å². The summed E-state index contributed by atoms with van der Waals surface area (Å²) >= 11 is 0. The molecule has 0 saturated heterocycles. The van der Waals surface area contributed by atoms with Crippen LogP contribution in [-0.4, -0.2) is 4.92 Å². The molecule has 0 radical (unpaired) electrons. The van der Waals surface area contributed by atoms with Crippen LogP contribution in [0.4, 0.5) is 11.4 Å². The van der Waals surface area contributed by atoms with E-state index in [9.17, 15) is 10.1 Å². The molecule has 4 heteroatoms. The summed E-state index contributed by atoms with van der Waals surface area (Å²) in [6.45, 7) is 4.12. The topological polar surface area (TPSA) is 55.2 Å². The monoisotopic (exact) mass is 256 g/mol. The molecule has 0 bridgehead atoms. The summed E-state index contributed by atoms with van der Waals surface area (Å²) in [5.74, 6) is 0. The van der Waals surface area contributed by atoms with Gasteiger partial charge in [-0.1, -0.05) is 29.8 Å². The fraction of sp³-hybridized carbons (Fsp3) is 0.200. The van der Waals surface area contributed by atoms with E-state index in [1.807, 2.05) is 0 Å². The van der Waals surface area contributed by atoms with Crippen LogP contribution in [0, 0.1) is 17.0 Å². The fourth-order valence-corrected chi connectivity index (χ4v) is 1.87. The molecule has 0 aliphatic heterocycles. The summed E-state index contributed by atoms with van der Waals surface area (Å²) in [6, 6.07) is 14.9. The van der Waals surface area contributed by atoms with Gasteiger partial charge >= 0.3 is 0 Å². The van der Waals surface area contributed by atoms with E-state index in [2.05, 4.69) is 43.4 Å². The maximum Gasteiger partial charge on any atom is 0.269 e. The van der Waals surface area contributed by atoms with Crippen molar-refractivity contribution in [2.45, 2.75) is 19.9 Å². The highest BCUT2D eigenvalue weighted by Gasteiger charge is 2.07. The molecule has 2 aromatic carbocycles. The van der Waals surface area contributed by atoms with E-state index in [-0.39, 0.29) is 11.7 Å². The van der Waals surface area contributed by atoms with E-state index < -0.39 is 4.92 Å². The lowest BCUT2D eigenvalue weighted by atomic mass is 10.1. The Balaban J connectivity index is 2.08. The van der Waals surface area contributed by atoms with Crippen LogP contribution >= 0.6 is 0 Å². The molecule has 0 amide bonds. The van der Waals surface area contributed by atoms with E-state index in [0.29, 0.717) is 0 Å². The third kappa shape index (κ3) is 3.31. The van der Waals surface area contributed by atoms with Crippen molar-refractivity contribution in [1.29, 1.82) is 0 Å². The van der Waals surface area contributed by atoms with Crippen LogP contribution in [0.1, 0.15) is 24.1 Å². The number of nitrogens with one attached hydrogen (secondary N) is 1. The zero-order chi connectivity index (χ0) is 13.8. The van der Waals surface area contributed by atoms with Gasteiger partial charge in [0.15, 0.2) is 0 Å². The number of anilines is 1. The lowest BCUT2D eigenvalue weighted by Gasteiger charge is -2.15. The number of hydrogen-bond acceptors (Lipinski definition) is 3. The second-order valence-electron chi connectivity index (χ2n) is 4.58. The molecule has 2 rings (SSSR count). The van der Waals surface area contributed by atoms with E-state index in [0.717, 1.165) is 5.69 Å². The molecular formula is C15H16N2O2. The predicted octanol–water partition coefficient (Wildman–Crippen LogP) is 4.08. The summed E-state index contributed by atoms with van der Waals surface area (Å²) in [5, 5.41) is 13.9. The van der Waals surface area contributed by atoms with Crippen LogP contribution in [-0.2, 0) is 0 Å². The van der Waals surface area contributed by atoms with Gasteiger partial charge in [-0.15, -0.1) is 0 Å². The smallest absolute Gasteiger partial charge is 0.269 e. The highest BCUT2D eigenvalue weighted by atomic mass is 16.6. The largest absolute Gasteiger partial charge is 0.379 e. The number of hydrogen-bond donors (Lipinski definition) is 1. The summed E-state index contributed by atoms with van der Waals surface area (Å²) < 4.78 is 0. The van der Waals surface area contributed by atoms with Gasteiger partial charge in [-0.3, -0.25) is 10.1 Å². The minimum absolute atomic E-state index is 0.105. The lowest BCUT2D eigenvalue weighted by Crippen LogP contribution is -2.06. The third-order valence-electron chi connectivity index (χ3n) is 3.04. The summed E-state index contributed by atoms with van der Waals surface area (Å²) in [5.41, 5.74) is 3.39. The van der Waals surface area contributed by atoms with Gasteiger partial charge in [-0.05, 0) is 31.5 Å². The van der Waals surface area contributed by atoms with Crippen molar-refractivity contribution >= 4 is 11.4 Å². The van der Waals surface area contributed by atoms with E-state index >= 15 is 0 Å². The van der Waals surface area contributed by atoms with Crippen molar-refractivity contribution in [3.63, 3.8) is 0 Å². The first-order valence-electron chi connectivity index (χ1n) is 6.14. The summed E-state index contributed by atoms with van der Waals surface area (Å²) in [6.07, 6.45) is 0. The van der Waals surface area contributed by atoms with Gasteiger partial charge in [0.1, 0.15) is 0 Å². The number of aryl methyl sites for hydroxylation is 1. The molecule has 0 aromatic heterocycles. The Kier molecular flexibility index (Phi) is 3.80. The summed E-state index contributed by atoms with van der Waals surface area (Å²) in [7, 11) is 0. The van der Waals surface area contributed by atoms with Gasteiger partial charge in [-0.25, -0.2) is 0 Å². The zero-order valence-electron chi connectivity index (χ0n) is 11.0. The van der Waals surface area contributed by atoms with E-state index in [1.165, 1.54) is 23.3 Å². The first-order valence-corrected chi connectivity index (χ1v) is 6.14. The molecule has 19 heavy (non-hydrogen) atoms. The van der Waals surface area contributed by atoms with Crippen LogP contribution in [0.25, 0.3) is 0 Å². The van der Waals surface area contributed by atoms with Gasteiger partial charge in [-0.2, -0.15) is 0 Å². The van der Waals surface area contributed by atoms with Crippen molar-refractivity contribution in [2.75, 3.05) is 5.32 Å². The molecule has 1 atom stereocenters. The summed E-state index contributed by atoms with van der Waals surface area (Å²) in [4.78, 5) is 10.2.